The van der Waals surface area contributed by atoms with Crippen molar-refractivity contribution in [3.63, 3.8) is 0 Å². The van der Waals surface area contributed by atoms with Crippen molar-refractivity contribution in [3.05, 3.63) is 24.5 Å². The van der Waals surface area contributed by atoms with Gasteiger partial charge in [-0.1, -0.05) is 0 Å². The first-order valence-corrected chi connectivity index (χ1v) is 7.18. The lowest BCUT2D eigenvalue weighted by atomic mass is 10.2. The van der Waals surface area contributed by atoms with E-state index in [-0.39, 0.29) is 24.6 Å². The van der Waals surface area contributed by atoms with Crippen molar-refractivity contribution >= 4 is 23.6 Å². The molecule has 1 aromatic heterocycles. The Morgan fingerprint density at radius 2 is 2.20 bits per heavy atom. The van der Waals surface area contributed by atoms with Crippen molar-refractivity contribution in [2.24, 2.45) is 0 Å². The maximum atomic E-state index is 12.2. The number of amides is 1. The third-order valence-corrected chi connectivity index (χ3v) is 4.08. The molecule has 2 unspecified atom stereocenters. The smallest absolute Gasteiger partial charge is 0.328 e. The van der Waals surface area contributed by atoms with Crippen LogP contribution in [0.15, 0.2) is 29.4 Å². The average molecular weight is 296 g/mol. The Kier molecular flexibility index (Phi) is 4.97. The second-order valence-corrected chi connectivity index (χ2v) is 5.49. The molecule has 1 saturated heterocycles. The number of rotatable bonds is 4. The van der Waals surface area contributed by atoms with Crippen LogP contribution >= 0.6 is 11.8 Å². The van der Waals surface area contributed by atoms with E-state index in [1.807, 2.05) is 12.1 Å². The average Bonchev–Trinajstić information content (AvgIpc) is 2.87. The van der Waals surface area contributed by atoms with Crippen molar-refractivity contribution in [2.45, 2.75) is 23.5 Å². The van der Waals surface area contributed by atoms with E-state index in [9.17, 15) is 14.7 Å². The summed E-state index contributed by atoms with van der Waals surface area (Å²) >= 11 is 1.37. The molecular weight excluding hydrogens is 280 g/mol. The molecule has 0 radical (unpaired) electrons. The third kappa shape index (κ3) is 3.49. The summed E-state index contributed by atoms with van der Waals surface area (Å²) < 4.78 is 4.67. The molecule has 108 valence electrons. The Hall–Kier alpha value is -1.60. The molecule has 0 aliphatic carbocycles. The number of methoxy groups -OCH3 is 1. The number of nitrogens with zero attached hydrogens (tertiary/aromatic N) is 2. The molecular formula is C13H16N2O4S. The van der Waals surface area contributed by atoms with Crippen LogP contribution in [0.1, 0.15) is 6.42 Å². The molecule has 2 heterocycles. The normalized spacial score (nSPS) is 21.8. The number of aliphatic hydroxyl groups is 1. The topological polar surface area (TPSA) is 79.7 Å². The van der Waals surface area contributed by atoms with Gasteiger partial charge in [0.05, 0.1) is 19.0 Å². The molecule has 1 aliphatic rings. The van der Waals surface area contributed by atoms with Gasteiger partial charge in [-0.25, -0.2) is 4.79 Å². The van der Waals surface area contributed by atoms with Crippen LogP contribution in [0.4, 0.5) is 0 Å². The summed E-state index contributed by atoms with van der Waals surface area (Å²) in [5.41, 5.74) is 0. The fourth-order valence-corrected chi connectivity index (χ4v) is 2.88. The van der Waals surface area contributed by atoms with Gasteiger partial charge in [-0.2, -0.15) is 0 Å². The summed E-state index contributed by atoms with van der Waals surface area (Å²) in [6.45, 7) is 0.176. The van der Waals surface area contributed by atoms with Gasteiger partial charge in [-0.05, 0) is 12.1 Å². The zero-order valence-electron chi connectivity index (χ0n) is 11.1. The van der Waals surface area contributed by atoms with Gasteiger partial charge in [-0.3, -0.25) is 9.78 Å². The summed E-state index contributed by atoms with van der Waals surface area (Å²) in [5, 5.41) is 9.63. The summed E-state index contributed by atoms with van der Waals surface area (Å²) in [7, 11) is 1.28. The highest BCUT2D eigenvalue weighted by Crippen LogP contribution is 2.22. The van der Waals surface area contributed by atoms with Gasteiger partial charge in [-0.15, -0.1) is 11.8 Å². The number of esters is 1. The van der Waals surface area contributed by atoms with Gasteiger partial charge in [0.2, 0.25) is 5.91 Å². The number of β-amino-alcohol motifs (C(OH)–C–C–N with tert-alkyl or cyclic N) is 1. The molecule has 1 aromatic rings. The van der Waals surface area contributed by atoms with E-state index in [0.29, 0.717) is 0 Å². The first-order valence-electron chi connectivity index (χ1n) is 6.20. The molecule has 1 amide bonds. The van der Waals surface area contributed by atoms with E-state index < -0.39 is 18.1 Å². The minimum absolute atomic E-state index is 0.176. The van der Waals surface area contributed by atoms with Gasteiger partial charge >= 0.3 is 5.97 Å². The van der Waals surface area contributed by atoms with Crippen LogP contribution in [-0.2, 0) is 14.3 Å². The molecule has 0 bridgehead atoms. The molecule has 1 N–H and O–H groups in total. The molecule has 7 heteroatoms. The third-order valence-electron chi connectivity index (χ3n) is 3.08. The minimum Gasteiger partial charge on any atom is -0.467 e. The summed E-state index contributed by atoms with van der Waals surface area (Å²) in [5.74, 6) is -0.452. The highest BCUT2D eigenvalue weighted by Gasteiger charge is 2.39. The van der Waals surface area contributed by atoms with Crippen molar-refractivity contribution in [1.29, 1.82) is 0 Å². The largest absolute Gasteiger partial charge is 0.467 e. The Morgan fingerprint density at radius 3 is 2.85 bits per heavy atom. The monoisotopic (exact) mass is 296 g/mol. The Labute approximate surface area is 121 Å². The van der Waals surface area contributed by atoms with Gasteiger partial charge in [0.1, 0.15) is 6.04 Å². The van der Waals surface area contributed by atoms with E-state index >= 15 is 0 Å². The van der Waals surface area contributed by atoms with Crippen molar-refractivity contribution < 1.29 is 19.4 Å². The molecule has 0 aromatic carbocycles. The highest BCUT2D eigenvalue weighted by atomic mass is 32.2. The van der Waals surface area contributed by atoms with Crippen molar-refractivity contribution in [1.82, 2.24) is 9.88 Å². The van der Waals surface area contributed by atoms with Crippen LogP contribution in [0.2, 0.25) is 0 Å². The molecule has 6 nitrogen and oxygen atoms in total. The number of hydrogen-bond donors (Lipinski definition) is 1. The lowest BCUT2D eigenvalue weighted by Gasteiger charge is -2.22. The number of carbonyl (C=O) groups is 2. The van der Waals surface area contributed by atoms with Crippen LogP contribution in [-0.4, -0.2) is 58.4 Å². The van der Waals surface area contributed by atoms with Crippen LogP contribution < -0.4 is 0 Å². The Bertz CT molecular complexity index is 483. The molecule has 1 aliphatic heterocycles. The number of pyridine rings is 1. The van der Waals surface area contributed by atoms with E-state index in [1.165, 1.54) is 23.8 Å². The standard InChI is InChI=1S/C13H16N2O4S/c1-19-13(18)11-6-9(16)7-15(11)12(17)8-20-10-2-4-14-5-3-10/h2-5,9,11,16H,6-8H2,1H3. The van der Waals surface area contributed by atoms with E-state index in [0.717, 1.165) is 4.90 Å². The summed E-state index contributed by atoms with van der Waals surface area (Å²) in [6.07, 6.45) is 2.88. The van der Waals surface area contributed by atoms with Crippen molar-refractivity contribution in [3.8, 4) is 0 Å². The molecule has 2 atom stereocenters. The lowest BCUT2D eigenvalue weighted by molar-refractivity contribution is -0.150. The minimum atomic E-state index is -0.680. The highest BCUT2D eigenvalue weighted by molar-refractivity contribution is 8.00. The Balaban J connectivity index is 1.95. The van der Waals surface area contributed by atoms with Crippen LogP contribution in [0, 0.1) is 0 Å². The van der Waals surface area contributed by atoms with E-state index in [2.05, 4.69) is 9.72 Å². The quantitative estimate of drug-likeness (QED) is 0.636. The van der Waals surface area contributed by atoms with Crippen LogP contribution in [0.25, 0.3) is 0 Å². The fraction of sp³-hybridized carbons (Fsp3) is 0.462. The predicted octanol–water partition coefficient (Wildman–Crippen LogP) is 0.308. The van der Waals surface area contributed by atoms with Gasteiger partial charge in [0, 0.05) is 30.3 Å². The number of likely N-dealkylation sites (tertiary alicyclic amines) is 1. The number of ether oxygens (including phenoxy) is 1. The fourth-order valence-electron chi connectivity index (χ4n) is 2.11. The number of aliphatic hydroxyl groups excluding tert-OH is 1. The van der Waals surface area contributed by atoms with Gasteiger partial charge in [0.25, 0.3) is 0 Å². The number of thioether (sulfide) groups is 1. The number of carbonyl (C=O) groups excluding carboxylic acids is 2. The SMILES string of the molecule is COC(=O)C1CC(O)CN1C(=O)CSc1ccncc1. The molecule has 0 spiro atoms. The molecule has 0 saturated carbocycles. The number of aromatic nitrogens is 1. The van der Waals surface area contributed by atoms with Crippen molar-refractivity contribution in [2.75, 3.05) is 19.4 Å². The predicted molar refractivity (Wildman–Crippen MR) is 73.1 cm³/mol. The zero-order valence-corrected chi connectivity index (χ0v) is 11.9. The first-order chi connectivity index (χ1) is 9.61. The molecule has 2 rings (SSSR count). The van der Waals surface area contributed by atoms with Gasteiger partial charge in [0.15, 0.2) is 0 Å². The molecule has 1 fully saturated rings. The Morgan fingerprint density at radius 1 is 1.50 bits per heavy atom. The van der Waals surface area contributed by atoms with Gasteiger partial charge < -0.3 is 14.7 Å². The van der Waals surface area contributed by atoms with E-state index in [4.69, 9.17) is 0 Å². The summed E-state index contributed by atoms with van der Waals surface area (Å²) in [6, 6.07) is 2.95. The second-order valence-electron chi connectivity index (χ2n) is 4.45. The van der Waals surface area contributed by atoms with Crippen LogP contribution in [0.5, 0.6) is 0 Å². The maximum Gasteiger partial charge on any atom is 0.328 e. The first kappa shape index (κ1) is 14.8. The van der Waals surface area contributed by atoms with E-state index in [1.54, 1.807) is 12.4 Å². The zero-order chi connectivity index (χ0) is 14.5. The maximum absolute atomic E-state index is 12.2. The second kappa shape index (κ2) is 6.71. The van der Waals surface area contributed by atoms with Crippen LogP contribution in [0.3, 0.4) is 0 Å². The summed E-state index contributed by atoms with van der Waals surface area (Å²) in [4.78, 5) is 30.0. The lowest BCUT2D eigenvalue weighted by Crippen LogP contribution is -2.42. The molecule has 20 heavy (non-hydrogen) atoms. The number of hydrogen-bond acceptors (Lipinski definition) is 6.